The first-order valence-corrected chi connectivity index (χ1v) is 9.06. The second-order valence-corrected chi connectivity index (χ2v) is 7.57. The molecule has 0 atom stereocenters. The van der Waals surface area contributed by atoms with Crippen molar-refractivity contribution in [1.29, 1.82) is 0 Å². The van der Waals surface area contributed by atoms with Crippen LogP contribution in [0.5, 0.6) is 0 Å². The van der Waals surface area contributed by atoms with Crippen LogP contribution in [-0.2, 0) is 0 Å². The highest BCUT2D eigenvalue weighted by Crippen LogP contribution is 2.26. The molecular weight excluding hydrogens is 258 g/mol. The van der Waals surface area contributed by atoms with E-state index >= 15 is 0 Å². The quantitative estimate of drug-likeness (QED) is 0.792. The van der Waals surface area contributed by atoms with Crippen molar-refractivity contribution >= 4 is 0 Å². The van der Waals surface area contributed by atoms with E-state index in [9.17, 15) is 0 Å². The second-order valence-electron chi connectivity index (χ2n) is 7.57. The lowest BCUT2D eigenvalue weighted by Gasteiger charge is -2.50. The first kappa shape index (κ1) is 18.9. The van der Waals surface area contributed by atoms with Gasteiger partial charge in [-0.2, -0.15) is 0 Å². The number of nitrogens with zero attached hydrogens (tertiary/aromatic N) is 3. The lowest BCUT2D eigenvalue weighted by molar-refractivity contribution is -0.00842. The van der Waals surface area contributed by atoms with Crippen molar-refractivity contribution in [3.05, 3.63) is 0 Å². The molecule has 0 aromatic rings. The van der Waals surface area contributed by atoms with Gasteiger partial charge in [0.05, 0.1) is 0 Å². The Labute approximate surface area is 133 Å². The molecule has 0 amide bonds. The van der Waals surface area contributed by atoms with Crippen molar-refractivity contribution in [1.82, 2.24) is 14.7 Å². The fraction of sp³-hybridized carbons (Fsp3) is 1.00. The summed E-state index contributed by atoms with van der Waals surface area (Å²) < 4.78 is 0. The van der Waals surface area contributed by atoms with Crippen molar-refractivity contribution < 1.29 is 0 Å². The monoisotopic (exact) mass is 297 g/mol. The Balaban J connectivity index is 0.00000106. The fourth-order valence-electron chi connectivity index (χ4n) is 3.56. The lowest BCUT2D eigenvalue weighted by atomic mass is 9.91. The van der Waals surface area contributed by atoms with Gasteiger partial charge < -0.3 is 4.90 Å². The Morgan fingerprint density at radius 2 is 1.57 bits per heavy atom. The van der Waals surface area contributed by atoms with Gasteiger partial charge in [0.25, 0.3) is 0 Å². The number of hydrogen-bond donors (Lipinski definition) is 0. The normalized spacial score (nSPS) is 25.7. The van der Waals surface area contributed by atoms with E-state index in [2.05, 4.69) is 49.4 Å². The zero-order chi connectivity index (χ0) is 16.0. The van der Waals surface area contributed by atoms with Crippen molar-refractivity contribution in [3.8, 4) is 0 Å². The average Bonchev–Trinajstić information content (AvgIpc) is 2.45. The Kier molecular flexibility index (Phi) is 7.66. The summed E-state index contributed by atoms with van der Waals surface area (Å²) in [6, 6.07) is 0.685. The number of likely N-dealkylation sites (tertiary alicyclic amines) is 1. The Bertz CT molecular complexity index is 280. The first-order chi connectivity index (χ1) is 9.88. The van der Waals surface area contributed by atoms with Crippen molar-refractivity contribution in [2.24, 2.45) is 5.92 Å². The summed E-state index contributed by atoms with van der Waals surface area (Å²) in [7, 11) is 2.25. The van der Waals surface area contributed by atoms with Crippen molar-refractivity contribution in [2.75, 3.05) is 46.3 Å². The van der Waals surface area contributed by atoms with Gasteiger partial charge in [0.2, 0.25) is 0 Å². The minimum absolute atomic E-state index is 0.339. The molecule has 2 fully saturated rings. The van der Waals surface area contributed by atoms with E-state index in [1.165, 1.54) is 52.1 Å². The molecule has 2 saturated heterocycles. The molecule has 0 radical (unpaired) electrons. The van der Waals surface area contributed by atoms with Gasteiger partial charge in [-0.25, -0.2) is 0 Å². The maximum atomic E-state index is 2.75. The van der Waals surface area contributed by atoms with Crippen molar-refractivity contribution in [3.63, 3.8) is 0 Å². The van der Waals surface area contributed by atoms with Crippen LogP contribution in [0, 0.1) is 5.92 Å². The molecule has 0 bridgehead atoms. The highest BCUT2D eigenvalue weighted by molar-refractivity contribution is 4.92. The number of hydrogen-bond acceptors (Lipinski definition) is 3. The van der Waals surface area contributed by atoms with Crippen LogP contribution in [0.4, 0.5) is 0 Å². The fourth-order valence-corrected chi connectivity index (χ4v) is 3.56. The van der Waals surface area contributed by atoms with Crippen LogP contribution in [0.3, 0.4) is 0 Å². The van der Waals surface area contributed by atoms with Gasteiger partial charge in [-0.05, 0) is 66.6 Å². The van der Waals surface area contributed by atoms with Gasteiger partial charge in [-0.15, -0.1) is 0 Å². The Morgan fingerprint density at radius 1 is 1.00 bits per heavy atom. The highest BCUT2D eigenvalue weighted by atomic mass is 15.3. The molecule has 2 heterocycles. The van der Waals surface area contributed by atoms with E-state index in [1.54, 1.807) is 0 Å². The molecule has 0 saturated carbocycles. The number of rotatable bonds is 3. The summed E-state index contributed by atoms with van der Waals surface area (Å²) in [6.45, 7) is 21.1. The van der Waals surface area contributed by atoms with Crippen LogP contribution in [0.1, 0.15) is 54.4 Å². The van der Waals surface area contributed by atoms with Crippen LogP contribution in [0.25, 0.3) is 0 Å². The third-order valence-electron chi connectivity index (χ3n) is 5.15. The van der Waals surface area contributed by atoms with E-state index in [0.29, 0.717) is 11.6 Å². The third-order valence-corrected chi connectivity index (χ3v) is 5.15. The van der Waals surface area contributed by atoms with E-state index in [-0.39, 0.29) is 0 Å². The van der Waals surface area contributed by atoms with Gasteiger partial charge in [0, 0.05) is 37.8 Å². The molecule has 0 N–H and O–H groups in total. The number of piperazine rings is 1. The summed E-state index contributed by atoms with van der Waals surface area (Å²) in [4.78, 5) is 7.85. The molecule has 3 heteroatoms. The summed E-state index contributed by atoms with van der Waals surface area (Å²) in [6.07, 6.45) is 2.77. The maximum absolute atomic E-state index is 2.75. The minimum atomic E-state index is 0.339. The van der Waals surface area contributed by atoms with Crippen LogP contribution in [0.15, 0.2) is 0 Å². The maximum Gasteiger partial charge on any atom is 0.0280 e. The zero-order valence-corrected chi connectivity index (χ0v) is 15.7. The summed E-state index contributed by atoms with van der Waals surface area (Å²) >= 11 is 0. The van der Waals surface area contributed by atoms with Gasteiger partial charge in [0.15, 0.2) is 0 Å². The second kappa shape index (κ2) is 8.50. The molecule has 2 rings (SSSR count). The van der Waals surface area contributed by atoms with Crippen LogP contribution < -0.4 is 0 Å². The van der Waals surface area contributed by atoms with Gasteiger partial charge in [-0.3, -0.25) is 9.80 Å². The minimum Gasteiger partial charge on any atom is -0.306 e. The van der Waals surface area contributed by atoms with Crippen LogP contribution >= 0.6 is 0 Å². The summed E-state index contributed by atoms with van der Waals surface area (Å²) in [5.41, 5.74) is 0.339. The molecule has 126 valence electrons. The molecule has 2 aliphatic rings. The highest BCUT2D eigenvalue weighted by Gasteiger charge is 2.35. The van der Waals surface area contributed by atoms with E-state index in [1.807, 2.05) is 13.8 Å². The molecule has 0 aliphatic carbocycles. The predicted molar refractivity (Wildman–Crippen MR) is 93.9 cm³/mol. The molecule has 0 aromatic heterocycles. The largest absolute Gasteiger partial charge is 0.306 e. The van der Waals surface area contributed by atoms with Gasteiger partial charge >= 0.3 is 0 Å². The third kappa shape index (κ3) is 5.54. The molecule has 3 nitrogen and oxygen atoms in total. The molecule has 0 aromatic carbocycles. The topological polar surface area (TPSA) is 9.72 Å². The van der Waals surface area contributed by atoms with Crippen LogP contribution in [0.2, 0.25) is 0 Å². The summed E-state index contributed by atoms with van der Waals surface area (Å²) in [5.74, 6) is 0.918. The average molecular weight is 298 g/mol. The smallest absolute Gasteiger partial charge is 0.0280 e. The Morgan fingerprint density at radius 3 is 2.05 bits per heavy atom. The number of piperidine rings is 1. The van der Waals surface area contributed by atoms with E-state index < -0.39 is 0 Å². The van der Waals surface area contributed by atoms with Crippen LogP contribution in [-0.4, -0.2) is 72.6 Å². The standard InChI is InChI=1S/C16H33N3.C2H6/c1-14(2)18-10-11-19(16(3,4)13-18)12-15-6-8-17(5)9-7-15;1-2/h14-15H,6-13H2,1-5H3;1-2H3. The molecule has 2 aliphatic heterocycles. The van der Waals surface area contributed by atoms with Gasteiger partial charge in [0.1, 0.15) is 0 Å². The molecule has 21 heavy (non-hydrogen) atoms. The van der Waals surface area contributed by atoms with Gasteiger partial charge in [-0.1, -0.05) is 13.8 Å². The SMILES string of the molecule is CC.CC(C)N1CCN(CC2CCN(C)CC2)C(C)(C)C1. The van der Waals surface area contributed by atoms with Crippen molar-refractivity contribution in [2.45, 2.75) is 66.0 Å². The molecular formula is C18H39N3. The molecule has 0 spiro atoms. The zero-order valence-electron chi connectivity index (χ0n) is 15.7. The molecule has 0 unspecified atom stereocenters. The lowest BCUT2D eigenvalue weighted by Crippen LogP contribution is -2.61. The predicted octanol–water partition coefficient (Wildman–Crippen LogP) is 3.16. The Hall–Kier alpha value is -0.120. The van der Waals surface area contributed by atoms with E-state index in [0.717, 1.165) is 5.92 Å². The summed E-state index contributed by atoms with van der Waals surface area (Å²) in [5, 5.41) is 0. The van der Waals surface area contributed by atoms with E-state index in [4.69, 9.17) is 0 Å². The first-order valence-electron chi connectivity index (χ1n) is 9.06.